The van der Waals surface area contributed by atoms with E-state index in [4.69, 9.17) is 4.74 Å². The van der Waals surface area contributed by atoms with E-state index in [9.17, 15) is 9.59 Å². The molecular weight excluding hydrogens is 496 g/mol. The summed E-state index contributed by atoms with van der Waals surface area (Å²) in [4.78, 5) is 43.3. The third-order valence-corrected chi connectivity index (χ3v) is 7.19. The van der Waals surface area contributed by atoms with Gasteiger partial charge in [0.25, 0.3) is 5.56 Å². The van der Waals surface area contributed by atoms with E-state index in [0.29, 0.717) is 43.5 Å². The van der Waals surface area contributed by atoms with Crippen LogP contribution in [0.2, 0.25) is 0 Å². The Balaban J connectivity index is 1.27. The zero-order valence-corrected chi connectivity index (χ0v) is 23.5. The Morgan fingerprint density at radius 3 is 2.21 bits per heavy atom. The maximum atomic E-state index is 13.3. The van der Waals surface area contributed by atoms with Gasteiger partial charge in [0.2, 0.25) is 5.95 Å². The van der Waals surface area contributed by atoms with Crippen LogP contribution in [0.3, 0.4) is 0 Å². The fourth-order valence-electron chi connectivity index (χ4n) is 4.92. The van der Waals surface area contributed by atoms with Gasteiger partial charge < -0.3 is 29.7 Å². The zero-order valence-electron chi connectivity index (χ0n) is 23.5. The average molecular weight is 535 g/mol. The fraction of sp³-hybridized carbons (Fsp3) is 0.500. The first-order valence-corrected chi connectivity index (χ1v) is 13.5. The maximum absolute atomic E-state index is 13.3. The monoisotopic (exact) mass is 534 g/mol. The van der Waals surface area contributed by atoms with Gasteiger partial charge in [-0.3, -0.25) is 9.36 Å². The number of benzene rings is 1. The van der Waals surface area contributed by atoms with Gasteiger partial charge >= 0.3 is 6.09 Å². The van der Waals surface area contributed by atoms with Crippen molar-refractivity contribution in [1.29, 1.82) is 0 Å². The number of anilines is 4. The fourth-order valence-corrected chi connectivity index (χ4v) is 4.92. The molecule has 2 aliphatic rings. The van der Waals surface area contributed by atoms with Crippen molar-refractivity contribution < 1.29 is 9.53 Å². The zero-order chi connectivity index (χ0) is 27.7. The second-order valence-corrected chi connectivity index (χ2v) is 11.3. The molecule has 3 aromatic rings. The molecule has 0 aliphatic carbocycles. The first-order valence-electron chi connectivity index (χ1n) is 13.5. The number of piperazine rings is 2. The number of ether oxygens (including phenoxy) is 1. The number of nitrogens with one attached hydrogen (secondary N) is 1. The lowest BCUT2D eigenvalue weighted by Gasteiger charge is -2.36. The Labute approximate surface area is 229 Å². The first-order chi connectivity index (χ1) is 18.6. The largest absolute Gasteiger partial charge is 0.444 e. The van der Waals surface area contributed by atoms with Crippen LogP contribution in [0.25, 0.3) is 11.0 Å². The third kappa shape index (κ3) is 6.08. The predicted molar refractivity (Wildman–Crippen MR) is 154 cm³/mol. The number of pyridine rings is 1. The molecular formula is C28H38N8O3. The van der Waals surface area contributed by atoms with Gasteiger partial charge in [0.15, 0.2) is 0 Å². The second kappa shape index (κ2) is 10.7. The average Bonchev–Trinajstić information content (AvgIpc) is 2.91. The molecule has 11 nitrogen and oxygen atoms in total. The molecule has 0 unspecified atom stereocenters. The SMILES string of the molecule is CN1CCN(c2ccc(Nc3ncc4cc(N5CCN(C(=O)OC(C)(C)C)CC5)c(=O)n(C)c4n3)cc2)CC1. The first kappa shape index (κ1) is 26.7. The number of hydrogen-bond donors (Lipinski definition) is 1. The Morgan fingerprint density at radius 2 is 1.56 bits per heavy atom. The molecule has 5 rings (SSSR count). The summed E-state index contributed by atoms with van der Waals surface area (Å²) in [5.74, 6) is 0.434. The highest BCUT2D eigenvalue weighted by molar-refractivity contribution is 5.80. The van der Waals surface area contributed by atoms with Crippen molar-refractivity contribution in [3.8, 4) is 0 Å². The molecule has 208 valence electrons. The van der Waals surface area contributed by atoms with Gasteiger partial charge in [-0.25, -0.2) is 9.78 Å². The summed E-state index contributed by atoms with van der Waals surface area (Å²) in [5, 5.41) is 4.04. The van der Waals surface area contributed by atoms with Crippen molar-refractivity contribution in [3.63, 3.8) is 0 Å². The summed E-state index contributed by atoms with van der Waals surface area (Å²) < 4.78 is 7.05. The number of aryl methyl sites for hydroxylation is 1. The van der Waals surface area contributed by atoms with Crippen LogP contribution >= 0.6 is 0 Å². The van der Waals surface area contributed by atoms with Crippen LogP contribution in [-0.4, -0.2) is 95.4 Å². The van der Waals surface area contributed by atoms with Gasteiger partial charge in [0.05, 0.1) is 0 Å². The summed E-state index contributed by atoms with van der Waals surface area (Å²) in [6.07, 6.45) is 1.42. The number of hydrogen-bond acceptors (Lipinski definition) is 9. The van der Waals surface area contributed by atoms with Crippen molar-refractivity contribution in [3.05, 3.63) is 46.9 Å². The van der Waals surface area contributed by atoms with Crippen LogP contribution < -0.4 is 20.7 Å². The van der Waals surface area contributed by atoms with E-state index >= 15 is 0 Å². The number of rotatable bonds is 4. The number of fused-ring (bicyclic) bond motifs is 1. The van der Waals surface area contributed by atoms with Gasteiger partial charge in [0, 0.05) is 82.4 Å². The molecule has 0 bridgehead atoms. The molecule has 0 saturated carbocycles. The lowest BCUT2D eigenvalue weighted by atomic mass is 10.2. The van der Waals surface area contributed by atoms with Crippen molar-refractivity contribution in [2.75, 3.05) is 74.5 Å². The quantitative estimate of drug-likeness (QED) is 0.542. The molecule has 1 N–H and O–H groups in total. The highest BCUT2D eigenvalue weighted by Crippen LogP contribution is 2.23. The van der Waals surface area contributed by atoms with Crippen molar-refractivity contribution in [2.45, 2.75) is 26.4 Å². The van der Waals surface area contributed by atoms with E-state index in [0.717, 1.165) is 37.3 Å². The number of aromatic nitrogens is 3. The Kier molecular flexibility index (Phi) is 7.35. The Morgan fingerprint density at radius 1 is 0.923 bits per heavy atom. The minimum absolute atomic E-state index is 0.130. The lowest BCUT2D eigenvalue weighted by molar-refractivity contribution is 0.0240. The standard InChI is InChI=1S/C28H38N8O3/c1-28(2,3)39-27(38)36-16-14-35(15-17-36)23-18-20-19-29-26(31-24(20)33(5)25(23)37)30-21-6-8-22(9-7-21)34-12-10-32(4)11-13-34/h6-9,18-19H,10-17H2,1-5H3,(H,29,30,31). The van der Waals surface area contributed by atoms with Crippen LogP contribution in [0.4, 0.5) is 27.8 Å². The highest BCUT2D eigenvalue weighted by Gasteiger charge is 2.27. The number of likely N-dealkylation sites (N-methyl/N-ethyl adjacent to an activating group) is 1. The predicted octanol–water partition coefficient (Wildman–Crippen LogP) is 2.88. The molecule has 4 heterocycles. The second-order valence-electron chi connectivity index (χ2n) is 11.3. The summed E-state index contributed by atoms with van der Waals surface area (Å²) >= 11 is 0. The van der Waals surface area contributed by atoms with Gasteiger partial charge in [-0.05, 0) is 58.2 Å². The van der Waals surface area contributed by atoms with Gasteiger partial charge in [-0.1, -0.05) is 0 Å². The summed E-state index contributed by atoms with van der Waals surface area (Å²) in [6.45, 7) is 11.8. The van der Waals surface area contributed by atoms with Gasteiger partial charge in [-0.2, -0.15) is 4.98 Å². The van der Waals surface area contributed by atoms with E-state index in [2.05, 4.69) is 44.3 Å². The smallest absolute Gasteiger partial charge is 0.410 e. The molecule has 2 aliphatic heterocycles. The van der Waals surface area contributed by atoms with E-state index in [1.54, 1.807) is 22.7 Å². The topological polar surface area (TPSA) is 99.1 Å². The lowest BCUT2D eigenvalue weighted by Crippen LogP contribution is -2.51. The maximum Gasteiger partial charge on any atom is 0.410 e. The number of carbonyl (C=O) groups excluding carboxylic acids is 1. The van der Waals surface area contributed by atoms with Crippen molar-refractivity contribution in [1.82, 2.24) is 24.3 Å². The summed E-state index contributed by atoms with van der Waals surface area (Å²) in [7, 11) is 3.88. The Hall–Kier alpha value is -3.86. The van der Waals surface area contributed by atoms with Crippen LogP contribution in [0.1, 0.15) is 20.8 Å². The van der Waals surface area contributed by atoms with Crippen molar-refractivity contribution >= 4 is 40.1 Å². The van der Waals surface area contributed by atoms with Gasteiger partial charge in [0.1, 0.15) is 16.9 Å². The number of carbonyl (C=O) groups is 1. The molecule has 0 radical (unpaired) electrons. The minimum Gasteiger partial charge on any atom is -0.444 e. The van der Waals surface area contributed by atoms with Crippen molar-refractivity contribution in [2.24, 2.45) is 7.05 Å². The summed E-state index contributed by atoms with van der Waals surface area (Å²) in [5.41, 5.74) is 2.56. The minimum atomic E-state index is -0.537. The molecule has 11 heteroatoms. The molecule has 2 aromatic heterocycles. The molecule has 2 fully saturated rings. The molecule has 2 saturated heterocycles. The molecule has 1 amide bonds. The van der Waals surface area contributed by atoms with Crippen LogP contribution in [0, 0.1) is 0 Å². The molecule has 0 atom stereocenters. The van der Waals surface area contributed by atoms with E-state index in [1.807, 2.05) is 43.9 Å². The van der Waals surface area contributed by atoms with Crippen LogP contribution in [-0.2, 0) is 11.8 Å². The highest BCUT2D eigenvalue weighted by atomic mass is 16.6. The van der Waals surface area contributed by atoms with E-state index in [1.165, 1.54) is 5.69 Å². The van der Waals surface area contributed by atoms with Gasteiger partial charge in [-0.15, -0.1) is 0 Å². The summed E-state index contributed by atoms with van der Waals surface area (Å²) in [6, 6.07) is 10.1. The molecule has 1 aromatic carbocycles. The third-order valence-electron chi connectivity index (χ3n) is 7.19. The normalized spacial score (nSPS) is 17.0. The number of nitrogens with zero attached hydrogens (tertiary/aromatic N) is 7. The Bertz CT molecular complexity index is 1380. The van der Waals surface area contributed by atoms with Crippen LogP contribution in [0.5, 0.6) is 0 Å². The molecule has 39 heavy (non-hydrogen) atoms. The van der Waals surface area contributed by atoms with E-state index < -0.39 is 5.60 Å². The number of amides is 1. The van der Waals surface area contributed by atoms with Crippen LogP contribution in [0.15, 0.2) is 41.3 Å². The molecule has 0 spiro atoms. The van der Waals surface area contributed by atoms with E-state index in [-0.39, 0.29) is 11.7 Å².